The SMILES string of the molecule is COc1ccc(COc2cnn(CC(C)C)c2Br)cc1. The summed E-state index contributed by atoms with van der Waals surface area (Å²) in [4.78, 5) is 0. The molecule has 1 heterocycles. The summed E-state index contributed by atoms with van der Waals surface area (Å²) in [5.41, 5.74) is 1.09. The van der Waals surface area contributed by atoms with Gasteiger partial charge < -0.3 is 9.47 Å². The number of ether oxygens (including phenoxy) is 2. The minimum Gasteiger partial charge on any atom is -0.497 e. The van der Waals surface area contributed by atoms with Crippen molar-refractivity contribution in [2.24, 2.45) is 5.92 Å². The van der Waals surface area contributed by atoms with Gasteiger partial charge in [0, 0.05) is 6.54 Å². The van der Waals surface area contributed by atoms with E-state index in [2.05, 4.69) is 34.9 Å². The summed E-state index contributed by atoms with van der Waals surface area (Å²) in [6, 6.07) is 7.84. The molecule has 1 aromatic heterocycles. The number of hydrogen-bond acceptors (Lipinski definition) is 3. The molecular weight excluding hydrogens is 320 g/mol. The first-order valence-corrected chi connectivity index (χ1v) is 7.36. The van der Waals surface area contributed by atoms with Crippen LogP contribution in [0.4, 0.5) is 0 Å². The molecule has 2 rings (SSSR count). The van der Waals surface area contributed by atoms with Gasteiger partial charge in [-0.05, 0) is 39.5 Å². The number of aromatic nitrogens is 2. The number of benzene rings is 1. The van der Waals surface area contributed by atoms with Crippen LogP contribution in [0.3, 0.4) is 0 Å². The van der Waals surface area contributed by atoms with E-state index in [1.54, 1.807) is 13.3 Å². The van der Waals surface area contributed by atoms with Gasteiger partial charge in [0.15, 0.2) is 5.75 Å². The average Bonchev–Trinajstić information content (AvgIpc) is 2.77. The predicted molar refractivity (Wildman–Crippen MR) is 82.1 cm³/mol. The Morgan fingerprint density at radius 2 is 1.95 bits per heavy atom. The van der Waals surface area contributed by atoms with Crippen LogP contribution in [0.25, 0.3) is 0 Å². The molecule has 0 aliphatic carbocycles. The average molecular weight is 339 g/mol. The third-order valence-electron chi connectivity index (χ3n) is 2.84. The van der Waals surface area contributed by atoms with E-state index in [9.17, 15) is 0 Å². The maximum Gasteiger partial charge on any atom is 0.172 e. The second-order valence-corrected chi connectivity index (χ2v) is 5.76. The maximum absolute atomic E-state index is 5.79. The van der Waals surface area contributed by atoms with E-state index >= 15 is 0 Å². The summed E-state index contributed by atoms with van der Waals surface area (Å²) >= 11 is 3.53. The van der Waals surface area contributed by atoms with E-state index in [4.69, 9.17) is 9.47 Å². The van der Waals surface area contributed by atoms with Crippen molar-refractivity contribution in [1.29, 1.82) is 0 Å². The van der Waals surface area contributed by atoms with E-state index in [-0.39, 0.29) is 0 Å². The van der Waals surface area contributed by atoms with Crippen LogP contribution < -0.4 is 9.47 Å². The molecule has 0 atom stereocenters. The fourth-order valence-electron chi connectivity index (χ4n) is 1.81. The molecule has 20 heavy (non-hydrogen) atoms. The lowest BCUT2D eigenvalue weighted by molar-refractivity contribution is 0.302. The second kappa shape index (κ2) is 6.79. The molecule has 1 aromatic carbocycles. The van der Waals surface area contributed by atoms with Gasteiger partial charge in [-0.3, -0.25) is 4.68 Å². The Kier molecular flexibility index (Phi) is 5.06. The molecule has 0 saturated carbocycles. The standard InChI is InChI=1S/C15H19BrN2O2/c1-11(2)9-18-15(16)14(8-17-18)20-10-12-4-6-13(19-3)7-5-12/h4-8,11H,9-10H2,1-3H3. The second-order valence-electron chi connectivity index (χ2n) is 5.01. The third-order valence-corrected chi connectivity index (χ3v) is 3.64. The van der Waals surface area contributed by atoms with Crippen molar-refractivity contribution in [1.82, 2.24) is 9.78 Å². The van der Waals surface area contributed by atoms with Crippen molar-refractivity contribution in [3.63, 3.8) is 0 Å². The van der Waals surface area contributed by atoms with Crippen LogP contribution in [-0.4, -0.2) is 16.9 Å². The van der Waals surface area contributed by atoms with Crippen LogP contribution in [0.15, 0.2) is 35.1 Å². The fourth-order valence-corrected chi connectivity index (χ4v) is 2.26. The minimum absolute atomic E-state index is 0.510. The van der Waals surface area contributed by atoms with Crippen LogP contribution in [-0.2, 0) is 13.2 Å². The molecule has 0 saturated heterocycles. The highest BCUT2D eigenvalue weighted by Crippen LogP contribution is 2.26. The van der Waals surface area contributed by atoms with Gasteiger partial charge in [-0.2, -0.15) is 5.10 Å². The Bertz CT molecular complexity index is 550. The normalized spacial score (nSPS) is 10.8. The molecule has 0 aliphatic heterocycles. The quantitative estimate of drug-likeness (QED) is 0.801. The Morgan fingerprint density at radius 3 is 2.55 bits per heavy atom. The van der Waals surface area contributed by atoms with Crippen molar-refractivity contribution in [3.05, 3.63) is 40.6 Å². The smallest absolute Gasteiger partial charge is 0.172 e. The number of hydrogen-bond donors (Lipinski definition) is 0. The zero-order chi connectivity index (χ0) is 14.5. The summed E-state index contributed by atoms with van der Waals surface area (Å²) in [5.74, 6) is 2.15. The molecule has 0 fully saturated rings. The molecule has 0 amide bonds. The summed E-state index contributed by atoms with van der Waals surface area (Å²) in [5, 5.41) is 4.32. The molecule has 0 spiro atoms. The number of nitrogens with zero attached hydrogens (tertiary/aromatic N) is 2. The lowest BCUT2D eigenvalue weighted by Crippen LogP contribution is -2.06. The van der Waals surface area contributed by atoms with Crippen LogP contribution in [0.5, 0.6) is 11.5 Å². The van der Waals surface area contributed by atoms with E-state index < -0.39 is 0 Å². The lowest BCUT2D eigenvalue weighted by atomic mass is 10.2. The molecule has 0 aliphatic rings. The van der Waals surface area contributed by atoms with Crippen molar-refractivity contribution in [2.45, 2.75) is 27.0 Å². The Labute approximate surface area is 127 Å². The van der Waals surface area contributed by atoms with Crippen LogP contribution in [0, 0.1) is 5.92 Å². The maximum atomic E-state index is 5.79. The van der Waals surface area contributed by atoms with Gasteiger partial charge in [0.25, 0.3) is 0 Å². The minimum atomic E-state index is 0.510. The van der Waals surface area contributed by atoms with Gasteiger partial charge in [-0.1, -0.05) is 26.0 Å². The molecule has 0 N–H and O–H groups in total. The molecular formula is C15H19BrN2O2. The first kappa shape index (κ1) is 14.9. The van der Waals surface area contributed by atoms with Crippen LogP contribution in [0.1, 0.15) is 19.4 Å². The van der Waals surface area contributed by atoms with Gasteiger partial charge in [-0.15, -0.1) is 0 Å². The molecule has 4 nitrogen and oxygen atoms in total. The monoisotopic (exact) mass is 338 g/mol. The fraction of sp³-hybridized carbons (Fsp3) is 0.400. The Hall–Kier alpha value is -1.49. The Balaban J connectivity index is 1.98. The lowest BCUT2D eigenvalue weighted by Gasteiger charge is -2.08. The van der Waals surface area contributed by atoms with E-state index in [1.165, 1.54) is 0 Å². The molecule has 5 heteroatoms. The van der Waals surface area contributed by atoms with Crippen molar-refractivity contribution in [2.75, 3.05) is 7.11 Å². The summed E-state index contributed by atoms with van der Waals surface area (Å²) in [6.45, 7) is 5.69. The molecule has 0 radical (unpaired) electrons. The van der Waals surface area contributed by atoms with E-state index in [1.807, 2.05) is 28.9 Å². The molecule has 0 bridgehead atoms. The summed E-state index contributed by atoms with van der Waals surface area (Å²) < 4.78 is 13.7. The molecule has 0 unspecified atom stereocenters. The van der Waals surface area contributed by atoms with Gasteiger partial charge in [0.2, 0.25) is 0 Å². The van der Waals surface area contributed by atoms with E-state index in [0.29, 0.717) is 12.5 Å². The topological polar surface area (TPSA) is 36.3 Å². The first-order chi connectivity index (χ1) is 9.60. The third kappa shape index (κ3) is 3.76. The van der Waals surface area contributed by atoms with Gasteiger partial charge in [0.1, 0.15) is 17.0 Å². The van der Waals surface area contributed by atoms with Gasteiger partial charge in [0.05, 0.1) is 13.3 Å². The van der Waals surface area contributed by atoms with Gasteiger partial charge >= 0.3 is 0 Å². The predicted octanol–water partition coefficient (Wildman–Crippen LogP) is 3.89. The first-order valence-electron chi connectivity index (χ1n) is 6.57. The van der Waals surface area contributed by atoms with Crippen molar-refractivity contribution in [3.8, 4) is 11.5 Å². The van der Waals surface area contributed by atoms with E-state index in [0.717, 1.165) is 28.2 Å². The highest BCUT2D eigenvalue weighted by atomic mass is 79.9. The zero-order valence-electron chi connectivity index (χ0n) is 12.0. The molecule has 2 aromatic rings. The Morgan fingerprint density at radius 1 is 1.25 bits per heavy atom. The van der Waals surface area contributed by atoms with Crippen molar-refractivity contribution < 1.29 is 9.47 Å². The number of rotatable bonds is 6. The van der Waals surface area contributed by atoms with Crippen LogP contribution >= 0.6 is 15.9 Å². The number of methoxy groups -OCH3 is 1. The largest absolute Gasteiger partial charge is 0.497 e. The van der Waals surface area contributed by atoms with Crippen molar-refractivity contribution >= 4 is 15.9 Å². The highest BCUT2D eigenvalue weighted by Gasteiger charge is 2.10. The summed E-state index contributed by atoms with van der Waals surface area (Å²) in [6.07, 6.45) is 1.75. The summed E-state index contributed by atoms with van der Waals surface area (Å²) in [7, 11) is 1.66. The number of halogens is 1. The zero-order valence-corrected chi connectivity index (χ0v) is 13.6. The molecule has 108 valence electrons. The van der Waals surface area contributed by atoms with Crippen LogP contribution in [0.2, 0.25) is 0 Å². The van der Waals surface area contributed by atoms with Gasteiger partial charge in [-0.25, -0.2) is 0 Å². The highest BCUT2D eigenvalue weighted by molar-refractivity contribution is 9.10.